The van der Waals surface area contributed by atoms with Crippen molar-refractivity contribution in [3.63, 3.8) is 0 Å². The van der Waals surface area contributed by atoms with Crippen molar-refractivity contribution in [1.82, 2.24) is 9.55 Å². The minimum absolute atomic E-state index is 0.113. The molecule has 0 atom stereocenters. The Hall–Kier alpha value is -3.16. The van der Waals surface area contributed by atoms with E-state index in [1.54, 1.807) is 18.2 Å². The van der Waals surface area contributed by atoms with Crippen LogP contribution in [0.15, 0.2) is 41.3 Å². The first kappa shape index (κ1) is 20.6. The van der Waals surface area contributed by atoms with Gasteiger partial charge in [0.2, 0.25) is 0 Å². The van der Waals surface area contributed by atoms with Gasteiger partial charge in [0.15, 0.2) is 0 Å². The Morgan fingerprint density at radius 2 is 1.97 bits per heavy atom. The molecule has 29 heavy (non-hydrogen) atoms. The van der Waals surface area contributed by atoms with Gasteiger partial charge in [0.05, 0.1) is 23.8 Å². The van der Waals surface area contributed by atoms with Crippen LogP contribution in [-0.4, -0.2) is 22.6 Å². The van der Waals surface area contributed by atoms with Crippen molar-refractivity contribution in [2.24, 2.45) is 7.05 Å². The lowest BCUT2D eigenvalue weighted by molar-refractivity contribution is -0.140. The lowest BCUT2D eigenvalue weighted by Crippen LogP contribution is -2.25. The molecule has 0 saturated heterocycles. The average Bonchev–Trinajstić information content (AvgIpc) is 2.69. The van der Waals surface area contributed by atoms with Gasteiger partial charge in [0.1, 0.15) is 0 Å². The molecule has 0 N–H and O–H groups in total. The van der Waals surface area contributed by atoms with Gasteiger partial charge in [0.25, 0.3) is 5.56 Å². The maximum absolute atomic E-state index is 13.7. The van der Waals surface area contributed by atoms with E-state index in [1.165, 1.54) is 37.9 Å². The molecule has 3 aromatic rings. The molecule has 0 aliphatic heterocycles. The van der Waals surface area contributed by atoms with Crippen molar-refractivity contribution in [3.8, 4) is 11.1 Å². The van der Waals surface area contributed by atoms with Crippen LogP contribution in [0.25, 0.3) is 22.0 Å². The maximum Gasteiger partial charge on any atom is 0.417 e. The van der Waals surface area contributed by atoms with E-state index in [0.717, 1.165) is 6.07 Å². The lowest BCUT2D eigenvalue weighted by atomic mass is 9.93. The van der Waals surface area contributed by atoms with Gasteiger partial charge >= 0.3 is 12.1 Å². The molecular weight excluding hydrogens is 385 g/mol. The van der Waals surface area contributed by atoms with E-state index < -0.39 is 28.8 Å². The molecule has 0 aliphatic rings. The predicted molar refractivity (Wildman–Crippen MR) is 102 cm³/mol. The number of halogens is 3. The molecule has 3 rings (SSSR count). The Bertz CT molecular complexity index is 1150. The molecule has 0 aliphatic carbocycles. The molecule has 0 saturated carbocycles. The van der Waals surface area contributed by atoms with Gasteiger partial charge in [-0.3, -0.25) is 14.6 Å². The number of nitrogens with zero attached hydrogens (tertiary/aromatic N) is 2. The largest absolute Gasteiger partial charge is 0.469 e. The van der Waals surface area contributed by atoms with Crippen molar-refractivity contribution in [2.45, 2.75) is 25.9 Å². The van der Waals surface area contributed by atoms with Crippen LogP contribution >= 0.6 is 0 Å². The number of hydrogen-bond donors (Lipinski definition) is 0. The molecule has 0 spiro atoms. The second-order valence-electron chi connectivity index (χ2n) is 6.68. The highest BCUT2D eigenvalue weighted by molar-refractivity contribution is 5.97. The summed E-state index contributed by atoms with van der Waals surface area (Å²) in [6, 6.07) is 7.29. The Morgan fingerprint density at radius 3 is 2.62 bits per heavy atom. The Balaban J connectivity index is 2.29. The standard InChI is InChI=1S/C21H19F3N2O3/c1-12-11-16(21(22,23)24)18(20(28)26(12)2)14-8-6-13(7-9-17(27)29-3)19-15(14)5-4-10-25-19/h4-6,8,10-11H,7,9H2,1-3H3. The summed E-state index contributed by atoms with van der Waals surface area (Å²) in [6.07, 6.45) is -2.74. The molecule has 1 aromatic carbocycles. The SMILES string of the molecule is COC(=O)CCc1ccc(-c2c(C(F)(F)F)cc(C)n(C)c2=O)c2cccnc12. The van der Waals surface area contributed by atoms with E-state index in [-0.39, 0.29) is 17.7 Å². The highest BCUT2D eigenvalue weighted by atomic mass is 19.4. The molecule has 8 heteroatoms. The quantitative estimate of drug-likeness (QED) is 0.616. The fourth-order valence-corrected chi connectivity index (χ4v) is 3.29. The second-order valence-corrected chi connectivity index (χ2v) is 6.68. The first-order valence-corrected chi connectivity index (χ1v) is 8.86. The third-order valence-electron chi connectivity index (χ3n) is 4.92. The number of benzene rings is 1. The normalized spacial score (nSPS) is 11.7. The number of carbonyl (C=O) groups excluding carboxylic acids is 1. The number of esters is 1. The summed E-state index contributed by atoms with van der Waals surface area (Å²) in [4.78, 5) is 28.6. The molecule has 0 bridgehead atoms. The van der Waals surface area contributed by atoms with Gasteiger partial charge in [-0.2, -0.15) is 13.2 Å². The van der Waals surface area contributed by atoms with Crippen molar-refractivity contribution >= 4 is 16.9 Å². The minimum Gasteiger partial charge on any atom is -0.469 e. The molecule has 0 unspecified atom stereocenters. The number of methoxy groups -OCH3 is 1. The van der Waals surface area contributed by atoms with Crippen molar-refractivity contribution < 1.29 is 22.7 Å². The molecule has 152 valence electrons. The number of fused-ring (bicyclic) bond motifs is 1. The first-order chi connectivity index (χ1) is 13.6. The Kier molecular flexibility index (Phi) is 5.46. The van der Waals surface area contributed by atoms with Gasteiger partial charge in [0, 0.05) is 30.7 Å². The van der Waals surface area contributed by atoms with E-state index in [0.29, 0.717) is 22.9 Å². The van der Waals surface area contributed by atoms with Crippen LogP contribution in [0.5, 0.6) is 0 Å². The van der Waals surface area contributed by atoms with Gasteiger partial charge in [-0.15, -0.1) is 0 Å². The smallest absolute Gasteiger partial charge is 0.417 e. The molecule has 5 nitrogen and oxygen atoms in total. The maximum atomic E-state index is 13.7. The summed E-state index contributed by atoms with van der Waals surface area (Å²) >= 11 is 0. The van der Waals surface area contributed by atoms with Gasteiger partial charge in [-0.25, -0.2) is 0 Å². The summed E-state index contributed by atoms with van der Waals surface area (Å²) in [6.45, 7) is 1.45. The van der Waals surface area contributed by atoms with Gasteiger partial charge in [-0.05, 0) is 36.6 Å². The fraction of sp³-hybridized carbons (Fsp3) is 0.286. The number of pyridine rings is 2. The van der Waals surface area contributed by atoms with E-state index in [1.807, 2.05) is 0 Å². The molecule has 0 fully saturated rings. The van der Waals surface area contributed by atoms with E-state index in [2.05, 4.69) is 9.72 Å². The molecule has 0 radical (unpaired) electrons. The van der Waals surface area contributed by atoms with Crippen LogP contribution < -0.4 is 5.56 Å². The first-order valence-electron chi connectivity index (χ1n) is 8.86. The van der Waals surface area contributed by atoms with E-state index in [9.17, 15) is 22.8 Å². The third kappa shape index (κ3) is 3.87. The van der Waals surface area contributed by atoms with Crippen molar-refractivity contribution in [1.29, 1.82) is 0 Å². The number of aryl methyl sites for hydroxylation is 2. The number of carbonyl (C=O) groups is 1. The van der Waals surface area contributed by atoms with Crippen LogP contribution in [-0.2, 0) is 29.2 Å². The monoisotopic (exact) mass is 404 g/mol. The van der Waals surface area contributed by atoms with E-state index in [4.69, 9.17) is 0 Å². The predicted octanol–water partition coefficient (Wildman–Crippen LogP) is 4.03. The molecular formula is C21H19F3N2O3. The number of aromatic nitrogens is 2. The van der Waals surface area contributed by atoms with Gasteiger partial charge < -0.3 is 9.30 Å². The molecule has 2 heterocycles. The summed E-state index contributed by atoms with van der Waals surface area (Å²) < 4.78 is 47.0. The second kappa shape index (κ2) is 7.69. The van der Waals surface area contributed by atoms with Crippen LogP contribution in [0.4, 0.5) is 13.2 Å². The summed E-state index contributed by atoms with van der Waals surface area (Å²) in [5.74, 6) is -0.398. The third-order valence-corrected chi connectivity index (χ3v) is 4.92. The van der Waals surface area contributed by atoms with Crippen LogP contribution in [0.1, 0.15) is 23.2 Å². The van der Waals surface area contributed by atoms with Crippen LogP contribution in [0.2, 0.25) is 0 Å². The fourth-order valence-electron chi connectivity index (χ4n) is 3.29. The zero-order valence-corrected chi connectivity index (χ0v) is 16.1. The van der Waals surface area contributed by atoms with Crippen LogP contribution in [0, 0.1) is 6.92 Å². The highest BCUT2D eigenvalue weighted by Crippen LogP contribution is 2.38. The summed E-state index contributed by atoms with van der Waals surface area (Å²) in [5.41, 5.74) is -0.624. The summed E-state index contributed by atoms with van der Waals surface area (Å²) in [5, 5.41) is 0.418. The highest BCUT2D eigenvalue weighted by Gasteiger charge is 2.36. The van der Waals surface area contributed by atoms with E-state index >= 15 is 0 Å². The lowest BCUT2D eigenvalue weighted by Gasteiger charge is -2.18. The average molecular weight is 404 g/mol. The van der Waals surface area contributed by atoms with Crippen LogP contribution in [0.3, 0.4) is 0 Å². The van der Waals surface area contributed by atoms with Gasteiger partial charge in [-0.1, -0.05) is 18.2 Å². The summed E-state index contributed by atoms with van der Waals surface area (Å²) in [7, 11) is 2.72. The molecule has 2 aromatic heterocycles. The topological polar surface area (TPSA) is 61.2 Å². The number of ether oxygens (including phenoxy) is 1. The number of hydrogen-bond acceptors (Lipinski definition) is 4. The number of alkyl halides is 3. The van der Waals surface area contributed by atoms with Crippen molar-refractivity contribution in [3.05, 3.63) is 63.7 Å². The number of rotatable bonds is 4. The zero-order valence-electron chi connectivity index (χ0n) is 16.1. The minimum atomic E-state index is -4.69. The Morgan fingerprint density at radius 1 is 1.24 bits per heavy atom. The Labute approximate surface area is 164 Å². The zero-order chi connectivity index (χ0) is 21.3. The van der Waals surface area contributed by atoms with Crippen molar-refractivity contribution in [2.75, 3.05) is 7.11 Å². The molecule has 0 amide bonds.